The molecule has 1 nitrogen and oxygen atoms in total. The minimum absolute atomic E-state index is 0.699. The zero-order valence-electron chi connectivity index (χ0n) is 9.24. The number of benzene rings is 1. The first-order valence-corrected chi connectivity index (χ1v) is 5.80. The summed E-state index contributed by atoms with van der Waals surface area (Å²) in [4.78, 5) is 2.28. The average Bonchev–Trinajstić information content (AvgIpc) is 2.75. The van der Waals surface area contributed by atoms with E-state index in [4.69, 9.17) is 0 Å². The van der Waals surface area contributed by atoms with E-state index in [1.54, 1.807) is 0 Å². The number of rotatable bonds is 0. The SMILES string of the molecule is C=C1C2CCCC2c2ccccc2N1C. The molecule has 1 saturated carbocycles. The smallest absolute Gasteiger partial charge is 0.0441 e. The molecule has 15 heavy (non-hydrogen) atoms. The minimum Gasteiger partial charge on any atom is -0.348 e. The molecule has 2 atom stereocenters. The summed E-state index contributed by atoms with van der Waals surface area (Å²) in [6.07, 6.45) is 4.02. The third-order valence-electron chi connectivity index (χ3n) is 4.07. The molecule has 3 rings (SSSR count). The molecule has 1 aliphatic heterocycles. The summed E-state index contributed by atoms with van der Waals surface area (Å²) in [5.41, 5.74) is 4.22. The molecule has 2 aliphatic rings. The first kappa shape index (κ1) is 9.02. The Bertz CT molecular complexity index is 408. The van der Waals surface area contributed by atoms with Crippen LogP contribution in [-0.4, -0.2) is 7.05 Å². The Kier molecular flexibility index (Phi) is 1.88. The fourth-order valence-electron chi connectivity index (χ4n) is 3.24. The van der Waals surface area contributed by atoms with Crippen molar-refractivity contribution in [1.29, 1.82) is 0 Å². The third-order valence-corrected chi connectivity index (χ3v) is 4.07. The molecule has 0 bridgehead atoms. The van der Waals surface area contributed by atoms with Gasteiger partial charge < -0.3 is 4.90 Å². The molecule has 1 fully saturated rings. The molecular weight excluding hydrogens is 182 g/mol. The van der Waals surface area contributed by atoms with Gasteiger partial charge in [-0.1, -0.05) is 31.2 Å². The highest BCUT2D eigenvalue weighted by Gasteiger charge is 2.37. The molecule has 0 amide bonds. The van der Waals surface area contributed by atoms with Gasteiger partial charge in [0.25, 0.3) is 0 Å². The fourth-order valence-corrected chi connectivity index (χ4v) is 3.24. The number of allylic oxidation sites excluding steroid dienone is 1. The molecule has 0 saturated heterocycles. The zero-order valence-corrected chi connectivity index (χ0v) is 9.24. The first-order chi connectivity index (χ1) is 7.29. The van der Waals surface area contributed by atoms with E-state index in [9.17, 15) is 0 Å². The van der Waals surface area contributed by atoms with E-state index in [-0.39, 0.29) is 0 Å². The largest absolute Gasteiger partial charge is 0.348 e. The van der Waals surface area contributed by atoms with Crippen LogP contribution < -0.4 is 4.90 Å². The van der Waals surface area contributed by atoms with Gasteiger partial charge in [0.1, 0.15) is 0 Å². The molecule has 0 spiro atoms. The van der Waals surface area contributed by atoms with Crippen molar-refractivity contribution in [1.82, 2.24) is 0 Å². The average molecular weight is 199 g/mol. The molecule has 1 aromatic rings. The second-order valence-electron chi connectivity index (χ2n) is 4.75. The minimum atomic E-state index is 0.699. The lowest BCUT2D eigenvalue weighted by Gasteiger charge is -2.38. The van der Waals surface area contributed by atoms with Crippen molar-refractivity contribution < 1.29 is 0 Å². The molecule has 78 valence electrons. The van der Waals surface area contributed by atoms with Crippen LogP contribution in [0.25, 0.3) is 0 Å². The summed E-state index contributed by atoms with van der Waals surface area (Å²) in [5, 5.41) is 0. The standard InChI is InChI=1S/C14H17N/c1-10-11-7-5-8-12(11)13-6-3-4-9-14(13)15(10)2/h3-4,6,9,11-12H,1,5,7-8H2,2H3. The highest BCUT2D eigenvalue weighted by atomic mass is 15.1. The van der Waals surface area contributed by atoms with Crippen molar-refractivity contribution in [3.8, 4) is 0 Å². The second kappa shape index (κ2) is 3.13. The maximum atomic E-state index is 4.26. The van der Waals surface area contributed by atoms with Crippen molar-refractivity contribution in [2.24, 2.45) is 5.92 Å². The van der Waals surface area contributed by atoms with Crippen LogP contribution in [0.3, 0.4) is 0 Å². The van der Waals surface area contributed by atoms with Crippen molar-refractivity contribution in [2.45, 2.75) is 25.2 Å². The van der Waals surface area contributed by atoms with Crippen LogP contribution in [0.2, 0.25) is 0 Å². The predicted octanol–water partition coefficient (Wildman–Crippen LogP) is 3.53. The summed E-state index contributed by atoms with van der Waals surface area (Å²) in [5.74, 6) is 1.44. The Morgan fingerprint density at radius 3 is 2.80 bits per heavy atom. The van der Waals surface area contributed by atoms with Crippen molar-refractivity contribution in [2.75, 3.05) is 11.9 Å². The third kappa shape index (κ3) is 1.16. The highest BCUT2D eigenvalue weighted by molar-refractivity contribution is 5.62. The molecule has 1 aliphatic carbocycles. The Balaban J connectivity index is 2.16. The van der Waals surface area contributed by atoms with Gasteiger partial charge >= 0.3 is 0 Å². The number of hydrogen-bond acceptors (Lipinski definition) is 1. The van der Waals surface area contributed by atoms with E-state index in [0.717, 1.165) is 5.92 Å². The van der Waals surface area contributed by atoms with E-state index >= 15 is 0 Å². The van der Waals surface area contributed by atoms with Crippen LogP contribution in [-0.2, 0) is 0 Å². The fraction of sp³-hybridized carbons (Fsp3) is 0.429. The topological polar surface area (TPSA) is 3.24 Å². The van der Waals surface area contributed by atoms with Crippen molar-refractivity contribution in [3.63, 3.8) is 0 Å². The number of para-hydroxylation sites is 1. The van der Waals surface area contributed by atoms with Gasteiger partial charge in [-0.3, -0.25) is 0 Å². The lowest BCUT2D eigenvalue weighted by molar-refractivity contribution is 0.529. The van der Waals surface area contributed by atoms with Crippen LogP contribution in [0.4, 0.5) is 5.69 Å². The molecule has 1 heteroatoms. The first-order valence-electron chi connectivity index (χ1n) is 5.80. The Morgan fingerprint density at radius 2 is 1.93 bits per heavy atom. The number of anilines is 1. The number of hydrogen-bond donors (Lipinski definition) is 0. The molecule has 0 N–H and O–H groups in total. The predicted molar refractivity (Wildman–Crippen MR) is 64.1 cm³/mol. The summed E-state index contributed by atoms with van der Waals surface area (Å²) in [6, 6.07) is 8.80. The summed E-state index contributed by atoms with van der Waals surface area (Å²) >= 11 is 0. The van der Waals surface area contributed by atoms with Gasteiger partial charge in [0.15, 0.2) is 0 Å². The van der Waals surface area contributed by atoms with E-state index in [1.165, 1.54) is 36.2 Å². The quantitative estimate of drug-likeness (QED) is 0.618. The Morgan fingerprint density at radius 1 is 1.20 bits per heavy atom. The summed E-state index contributed by atoms with van der Waals surface area (Å²) in [7, 11) is 2.15. The molecule has 0 aromatic heterocycles. The molecule has 1 aromatic carbocycles. The zero-order chi connectivity index (χ0) is 10.4. The second-order valence-corrected chi connectivity index (χ2v) is 4.75. The van der Waals surface area contributed by atoms with Gasteiger partial charge in [-0.2, -0.15) is 0 Å². The molecule has 1 heterocycles. The van der Waals surface area contributed by atoms with Gasteiger partial charge in [0.2, 0.25) is 0 Å². The van der Waals surface area contributed by atoms with Crippen molar-refractivity contribution in [3.05, 3.63) is 42.1 Å². The van der Waals surface area contributed by atoms with Crippen LogP contribution in [0.15, 0.2) is 36.5 Å². The lowest BCUT2D eigenvalue weighted by Crippen LogP contribution is -2.29. The van der Waals surface area contributed by atoms with Crippen LogP contribution in [0.1, 0.15) is 30.7 Å². The highest BCUT2D eigenvalue weighted by Crippen LogP contribution is 2.50. The van der Waals surface area contributed by atoms with E-state index in [0.29, 0.717) is 5.92 Å². The van der Waals surface area contributed by atoms with Gasteiger partial charge in [0, 0.05) is 24.4 Å². The maximum Gasteiger partial charge on any atom is 0.0441 e. The molecule has 0 radical (unpaired) electrons. The monoisotopic (exact) mass is 199 g/mol. The van der Waals surface area contributed by atoms with E-state index < -0.39 is 0 Å². The van der Waals surface area contributed by atoms with Crippen LogP contribution in [0.5, 0.6) is 0 Å². The van der Waals surface area contributed by atoms with E-state index in [2.05, 4.69) is 42.8 Å². The van der Waals surface area contributed by atoms with Gasteiger partial charge in [-0.15, -0.1) is 0 Å². The van der Waals surface area contributed by atoms with Crippen LogP contribution in [0, 0.1) is 5.92 Å². The van der Waals surface area contributed by atoms with E-state index in [1.807, 2.05) is 0 Å². The molecule has 2 unspecified atom stereocenters. The Hall–Kier alpha value is -1.24. The summed E-state index contributed by atoms with van der Waals surface area (Å²) in [6.45, 7) is 4.26. The number of nitrogens with zero attached hydrogens (tertiary/aromatic N) is 1. The maximum absolute atomic E-state index is 4.26. The number of fused-ring (bicyclic) bond motifs is 3. The van der Waals surface area contributed by atoms with Crippen LogP contribution >= 0.6 is 0 Å². The summed E-state index contributed by atoms with van der Waals surface area (Å²) < 4.78 is 0. The lowest BCUT2D eigenvalue weighted by atomic mass is 9.82. The van der Waals surface area contributed by atoms with Gasteiger partial charge in [-0.05, 0) is 30.4 Å². The normalized spacial score (nSPS) is 28.9. The van der Waals surface area contributed by atoms with Gasteiger partial charge in [0.05, 0.1) is 0 Å². The van der Waals surface area contributed by atoms with Crippen molar-refractivity contribution >= 4 is 5.69 Å². The Labute approximate surface area is 91.4 Å². The molecular formula is C14H17N. The van der Waals surface area contributed by atoms with Gasteiger partial charge in [-0.25, -0.2) is 0 Å².